The number of nitrogens with zero attached hydrogens (tertiary/aromatic N) is 5. The molecule has 3 heterocycles. The Morgan fingerprint density at radius 2 is 2.14 bits per heavy atom. The van der Waals surface area contributed by atoms with Gasteiger partial charge in [-0.3, -0.25) is 4.99 Å². The predicted octanol–water partition coefficient (Wildman–Crippen LogP) is 3.81. The van der Waals surface area contributed by atoms with Crippen molar-refractivity contribution in [3.63, 3.8) is 0 Å². The standard InChI is InChI=1S/C21H26N6O.HI/c1-16-8-10-26(14-19(16)27-11-9-23-15-27)21(22-2)24-13-18-12-20(28-25-18)17-6-4-3-5-7-17;/h3-7,9,11-12,15-16,19H,8,10,13-14H2,1-2H3,(H,22,24);1H. The van der Waals surface area contributed by atoms with Crippen LogP contribution >= 0.6 is 24.0 Å². The molecule has 0 amide bonds. The van der Waals surface area contributed by atoms with Gasteiger partial charge in [-0.15, -0.1) is 24.0 Å². The van der Waals surface area contributed by atoms with Gasteiger partial charge in [0.05, 0.1) is 18.9 Å². The number of rotatable bonds is 4. The maximum atomic E-state index is 5.49. The maximum absolute atomic E-state index is 5.49. The molecule has 1 aromatic carbocycles. The fourth-order valence-corrected chi connectivity index (χ4v) is 3.73. The number of hydrogen-bond donors (Lipinski definition) is 1. The number of aliphatic imine (C=N–C) groups is 1. The van der Waals surface area contributed by atoms with Crippen molar-refractivity contribution in [2.24, 2.45) is 10.9 Å². The van der Waals surface area contributed by atoms with Crippen LogP contribution in [0.1, 0.15) is 25.1 Å². The van der Waals surface area contributed by atoms with Crippen LogP contribution in [0.25, 0.3) is 11.3 Å². The SMILES string of the molecule is CN=C(NCc1cc(-c2ccccc2)on1)N1CCC(C)C(n2ccnc2)C1.I. The van der Waals surface area contributed by atoms with Crippen LogP contribution in [-0.4, -0.2) is 45.7 Å². The van der Waals surface area contributed by atoms with Crippen molar-refractivity contribution in [1.82, 2.24) is 24.9 Å². The van der Waals surface area contributed by atoms with E-state index in [0.717, 1.165) is 42.5 Å². The summed E-state index contributed by atoms with van der Waals surface area (Å²) in [4.78, 5) is 11.0. The zero-order valence-corrected chi connectivity index (χ0v) is 19.1. The molecule has 7 nitrogen and oxygen atoms in total. The van der Waals surface area contributed by atoms with Gasteiger partial charge in [0, 0.05) is 44.2 Å². The molecule has 29 heavy (non-hydrogen) atoms. The summed E-state index contributed by atoms with van der Waals surface area (Å²) < 4.78 is 7.69. The summed E-state index contributed by atoms with van der Waals surface area (Å²) in [7, 11) is 1.82. The lowest BCUT2D eigenvalue weighted by Crippen LogP contribution is -2.48. The van der Waals surface area contributed by atoms with E-state index in [4.69, 9.17) is 4.52 Å². The van der Waals surface area contributed by atoms with Crippen LogP contribution < -0.4 is 5.32 Å². The Balaban J connectivity index is 0.00000240. The van der Waals surface area contributed by atoms with E-state index in [1.165, 1.54) is 0 Å². The smallest absolute Gasteiger partial charge is 0.194 e. The van der Waals surface area contributed by atoms with Crippen molar-refractivity contribution >= 4 is 29.9 Å². The first kappa shape index (κ1) is 21.4. The Bertz CT molecular complexity index is 908. The first-order valence-electron chi connectivity index (χ1n) is 9.68. The Labute approximate surface area is 188 Å². The minimum absolute atomic E-state index is 0. The highest BCUT2D eigenvalue weighted by Crippen LogP contribution is 2.27. The number of benzene rings is 1. The van der Waals surface area contributed by atoms with Crippen molar-refractivity contribution in [2.45, 2.75) is 25.9 Å². The van der Waals surface area contributed by atoms with Crippen LogP contribution in [0.3, 0.4) is 0 Å². The molecule has 1 N–H and O–H groups in total. The van der Waals surface area contributed by atoms with Gasteiger partial charge in [-0.05, 0) is 12.3 Å². The number of hydrogen-bond acceptors (Lipinski definition) is 4. The summed E-state index contributed by atoms with van der Waals surface area (Å²) in [6.07, 6.45) is 6.90. The van der Waals surface area contributed by atoms with E-state index in [2.05, 4.69) is 36.8 Å². The fraction of sp³-hybridized carbons (Fsp3) is 0.381. The predicted molar refractivity (Wildman–Crippen MR) is 124 cm³/mol. The molecule has 1 saturated heterocycles. The molecule has 2 atom stereocenters. The minimum atomic E-state index is 0. The first-order chi connectivity index (χ1) is 13.7. The summed E-state index contributed by atoms with van der Waals surface area (Å²) >= 11 is 0. The van der Waals surface area contributed by atoms with E-state index in [1.54, 1.807) is 0 Å². The van der Waals surface area contributed by atoms with Crippen LogP contribution in [-0.2, 0) is 6.54 Å². The Morgan fingerprint density at radius 3 is 2.86 bits per heavy atom. The number of aromatic nitrogens is 3. The molecule has 3 aromatic rings. The molecule has 2 aromatic heterocycles. The molecule has 0 aliphatic carbocycles. The lowest BCUT2D eigenvalue weighted by atomic mass is 9.93. The van der Waals surface area contributed by atoms with Gasteiger partial charge in [0.1, 0.15) is 5.69 Å². The van der Waals surface area contributed by atoms with Gasteiger partial charge in [0.15, 0.2) is 11.7 Å². The van der Waals surface area contributed by atoms with Gasteiger partial charge in [-0.1, -0.05) is 42.4 Å². The first-order valence-corrected chi connectivity index (χ1v) is 9.68. The second-order valence-corrected chi connectivity index (χ2v) is 7.24. The highest BCUT2D eigenvalue weighted by molar-refractivity contribution is 14.0. The third kappa shape index (κ3) is 4.98. The molecule has 0 bridgehead atoms. The van der Waals surface area contributed by atoms with Crippen LogP contribution in [0.2, 0.25) is 0 Å². The van der Waals surface area contributed by atoms with Crippen molar-refractivity contribution in [2.75, 3.05) is 20.1 Å². The van der Waals surface area contributed by atoms with Crippen LogP contribution in [0.15, 0.2) is 64.6 Å². The summed E-state index contributed by atoms with van der Waals surface area (Å²) in [5.41, 5.74) is 1.88. The molecule has 4 rings (SSSR count). The van der Waals surface area contributed by atoms with E-state index in [-0.39, 0.29) is 24.0 Å². The number of likely N-dealkylation sites (tertiary alicyclic amines) is 1. The molecule has 0 spiro atoms. The Morgan fingerprint density at radius 1 is 1.31 bits per heavy atom. The lowest BCUT2D eigenvalue weighted by Gasteiger charge is -2.39. The fourth-order valence-electron chi connectivity index (χ4n) is 3.73. The zero-order valence-electron chi connectivity index (χ0n) is 16.7. The minimum Gasteiger partial charge on any atom is -0.356 e. The van der Waals surface area contributed by atoms with Crippen molar-refractivity contribution in [1.29, 1.82) is 0 Å². The van der Waals surface area contributed by atoms with Crippen molar-refractivity contribution < 1.29 is 4.52 Å². The molecule has 154 valence electrons. The topological polar surface area (TPSA) is 71.5 Å². The number of guanidine groups is 1. The second-order valence-electron chi connectivity index (χ2n) is 7.24. The normalized spacial score (nSPS) is 19.7. The average molecular weight is 506 g/mol. The number of imidazole rings is 1. The average Bonchev–Trinajstić information content (AvgIpc) is 3.42. The Hall–Kier alpha value is -2.36. The molecular formula is C21H27IN6O. The number of nitrogens with one attached hydrogen (secondary N) is 1. The van der Waals surface area contributed by atoms with Gasteiger partial charge in [0.25, 0.3) is 0 Å². The van der Waals surface area contributed by atoms with E-state index in [9.17, 15) is 0 Å². The molecule has 0 radical (unpaired) electrons. The summed E-state index contributed by atoms with van der Waals surface area (Å²) in [5.74, 6) is 2.27. The van der Waals surface area contributed by atoms with Crippen molar-refractivity contribution in [3.05, 3.63) is 60.8 Å². The monoisotopic (exact) mass is 506 g/mol. The largest absolute Gasteiger partial charge is 0.356 e. The van der Waals surface area contributed by atoms with Crippen LogP contribution in [0, 0.1) is 5.92 Å². The van der Waals surface area contributed by atoms with Crippen LogP contribution in [0.5, 0.6) is 0 Å². The van der Waals surface area contributed by atoms with E-state index in [0.29, 0.717) is 18.5 Å². The molecule has 2 unspecified atom stereocenters. The highest BCUT2D eigenvalue weighted by atomic mass is 127. The van der Waals surface area contributed by atoms with E-state index >= 15 is 0 Å². The van der Waals surface area contributed by atoms with E-state index in [1.807, 2.05) is 62.2 Å². The molecule has 1 fully saturated rings. The molecule has 8 heteroatoms. The summed E-state index contributed by atoms with van der Waals surface area (Å²) in [6.45, 7) is 4.77. The third-order valence-electron chi connectivity index (χ3n) is 5.38. The van der Waals surface area contributed by atoms with Gasteiger partial charge in [0.2, 0.25) is 0 Å². The number of halogens is 1. The maximum Gasteiger partial charge on any atom is 0.194 e. The third-order valence-corrected chi connectivity index (χ3v) is 5.38. The molecular weight excluding hydrogens is 479 g/mol. The second kappa shape index (κ2) is 9.91. The lowest BCUT2D eigenvalue weighted by molar-refractivity contribution is 0.189. The van der Waals surface area contributed by atoms with Gasteiger partial charge >= 0.3 is 0 Å². The highest BCUT2D eigenvalue weighted by Gasteiger charge is 2.28. The Kier molecular flexibility index (Phi) is 7.29. The van der Waals surface area contributed by atoms with Crippen LogP contribution in [0.4, 0.5) is 0 Å². The van der Waals surface area contributed by atoms with Gasteiger partial charge in [-0.25, -0.2) is 4.98 Å². The molecule has 1 aliphatic rings. The number of piperidine rings is 1. The quantitative estimate of drug-likeness (QED) is 0.331. The summed E-state index contributed by atoms with van der Waals surface area (Å²) in [6, 6.07) is 12.4. The molecule has 1 aliphatic heterocycles. The summed E-state index contributed by atoms with van der Waals surface area (Å²) in [5, 5.41) is 7.62. The van der Waals surface area contributed by atoms with E-state index < -0.39 is 0 Å². The zero-order chi connectivity index (χ0) is 19.3. The van der Waals surface area contributed by atoms with Crippen molar-refractivity contribution in [3.8, 4) is 11.3 Å². The van der Waals surface area contributed by atoms with Gasteiger partial charge < -0.3 is 19.3 Å². The van der Waals surface area contributed by atoms with Gasteiger partial charge in [-0.2, -0.15) is 0 Å². The molecule has 0 saturated carbocycles.